The minimum Gasteiger partial charge on any atom is -0.463 e. The van der Waals surface area contributed by atoms with Gasteiger partial charge < -0.3 is 14.5 Å². The first-order valence-corrected chi connectivity index (χ1v) is 11.0. The number of unbranched alkanes of at least 4 members (excludes halogenated alkanes) is 2. The first kappa shape index (κ1) is 20.4. The van der Waals surface area contributed by atoms with Crippen LogP contribution < -0.4 is 15.1 Å². The van der Waals surface area contributed by atoms with Gasteiger partial charge in [-0.25, -0.2) is 0 Å². The number of rotatable bonds is 10. The second kappa shape index (κ2) is 9.76. The van der Waals surface area contributed by atoms with Crippen LogP contribution in [-0.2, 0) is 0 Å². The molecule has 0 saturated heterocycles. The van der Waals surface area contributed by atoms with Gasteiger partial charge in [0.15, 0.2) is 0 Å². The molecule has 3 rings (SSSR count). The Kier molecular flexibility index (Phi) is 7.12. The number of nitrogens with zero attached hydrogens (tertiary/aromatic N) is 3. The molecule has 2 heterocycles. The number of fused-ring (bicyclic) bond motifs is 2. The van der Waals surface area contributed by atoms with E-state index in [0.717, 1.165) is 37.6 Å². The lowest BCUT2D eigenvalue weighted by molar-refractivity contribution is 0.102. The lowest BCUT2D eigenvalue weighted by atomic mass is 10.2. The van der Waals surface area contributed by atoms with E-state index < -0.39 is 0 Å². The Morgan fingerprint density at radius 1 is 1.00 bits per heavy atom. The van der Waals surface area contributed by atoms with Crippen LogP contribution in [-0.4, -0.2) is 42.3 Å². The lowest BCUT2D eigenvalue weighted by Gasteiger charge is -2.39. The van der Waals surface area contributed by atoms with E-state index in [1.165, 1.54) is 37.1 Å². The summed E-state index contributed by atoms with van der Waals surface area (Å²) >= 11 is 0. The van der Waals surface area contributed by atoms with E-state index >= 15 is 0 Å². The number of likely N-dealkylation sites (N-methyl/N-ethyl adjacent to an activating group) is 1. The second-order valence-corrected chi connectivity index (χ2v) is 7.48. The number of hydrogen-bond donors (Lipinski definition) is 1. The van der Waals surface area contributed by atoms with Crippen LogP contribution in [0.2, 0.25) is 0 Å². The summed E-state index contributed by atoms with van der Waals surface area (Å²) in [7, 11) is 0. The number of benzene rings is 1. The van der Waals surface area contributed by atoms with Crippen molar-refractivity contribution < 1.29 is 4.74 Å². The van der Waals surface area contributed by atoms with Crippen molar-refractivity contribution in [3.05, 3.63) is 42.2 Å². The molecular formula is C23H36N4O. The summed E-state index contributed by atoms with van der Waals surface area (Å²) in [6.45, 7) is 13.1. The van der Waals surface area contributed by atoms with Crippen molar-refractivity contribution >= 4 is 11.4 Å². The van der Waals surface area contributed by atoms with Gasteiger partial charge in [-0.15, -0.1) is 0 Å². The average Bonchev–Trinajstić information content (AvgIpc) is 2.73. The molecular weight excluding hydrogens is 348 g/mol. The summed E-state index contributed by atoms with van der Waals surface area (Å²) in [5.41, 5.74) is 6.99. The molecule has 0 aliphatic carbocycles. The van der Waals surface area contributed by atoms with E-state index in [4.69, 9.17) is 4.74 Å². The third-order valence-corrected chi connectivity index (χ3v) is 5.51. The summed E-state index contributed by atoms with van der Waals surface area (Å²) in [6.07, 6.45) is 11.2. The second-order valence-electron chi connectivity index (χ2n) is 7.48. The number of hydrazine groups is 1. The van der Waals surface area contributed by atoms with Crippen molar-refractivity contribution in [3.63, 3.8) is 0 Å². The van der Waals surface area contributed by atoms with Gasteiger partial charge in [-0.1, -0.05) is 26.7 Å². The maximum Gasteiger partial charge on any atom is 0.210 e. The van der Waals surface area contributed by atoms with E-state index in [-0.39, 0.29) is 6.23 Å². The average molecular weight is 385 g/mol. The highest BCUT2D eigenvalue weighted by molar-refractivity contribution is 5.65. The van der Waals surface area contributed by atoms with E-state index in [2.05, 4.69) is 79.5 Å². The number of hydrogen-bond acceptors (Lipinski definition) is 5. The first-order chi connectivity index (χ1) is 13.7. The highest BCUT2D eigenvalue weighted by atomic mass is 16.5. The molecule has 2 aliphatic rings. The third kappa shape index (κ3) is 4.57. The van der Waals surface area contributed by atoms with Crippen molar-refractivity contribution in [1.82, 2.24) is 9.91 Å². The third-order valence-electron chi connectivity index (χ3n) is 5.51. The van der Waals surface area contributed by atoms with E-state index in [9.17, 15) is 0 Å². The van der Waals surface area contributed by atoms with Crippen LogP contribution in [0.5, 0.6) is 5.75 Å². The zero-order valence-electron chi connectivity index (χ0n) is 17.9. The van der Waals surface area contributed by atoms with Gasteiger partial charge in [0, 0.05) is 55.9 Å². The predicted octanol–water partition coefficient (Wildman–Crippen LogP) is 5.19. The molecule has 154 valence electrons. The Bertz CT molecular complexity index is 688. The fourth-order valence-corrected chi connectivity index (χ4v) is 3.75. The number of allylic oxidation sites excluding steroid dienone is 1. The molecule has 0 radical (unpaired) electrons. The van der Waals surface area contributed by atoms with Crippen molar-refractivity contribution in [2.24, 2.45) is 0 Å². The predicted molar refractivity (Wildman–Crippen MR) is 118 cm³/mol. The molecule has 1 aromatic carbocycles. The van der Waals surface area contributed by atoms with E-state index in [1.807, 2.05) is 5.01 Å². The number of nitrogens with one attached hydrogen (secondary N) is 1. The Hall–Kier alpha value is -2.30. The summed E-state index contributed by atoms with van der Waals surface area (Å²) in [5, 5.41) is 2.03. The standard InChI is InChI=1S/C23H36N4O/c1-5-9-14-26(15-10-6-2)19-11-12-21-22(17-19)28-23-18-20(25(7-3)8-4)13-16-27(23)24-21/h11-13,16-18,23-24H,5-10,14-15H2,1-4H3. The number of ether oxygens (including phenoxy) is 1. The normalized spacial score (nSPS) is 17.2. The molecule has 0 fully saturated rings. The van der Waals surface area contributed by atoms with E-state index in [0.29, 0.717) is 0 Å². The van der Waals surface area contributed by atoms with Crippen LogP contribution in [0.25, 0.3) is 0 Å². The maximum atomic E-state index is 6.39. The molecule has 0 spiro atoms. The maximum absolute atomic E-state index is 6.39. The van der Waals surface area contributed by atoms with Gasteiger partial charge in [-0.05, 0) is 44.9 Å². The molecule has 1 aromatic rings. The zero-order valence-corrected chi connectivity index (χ0v) is 17.9. The molecule has 0 aromatic heterocycles. The van der Waals surface area contributed by atoms with Gasteiger partial charge >= 0.3 is 0 Å². The molecule has 28 heavy (non-hydrogen) atoms. The highest BCUT2D eigenvalue weighted by Crippen LogP contribution is 2.36. The van der Waals surface area contributed by atoms with Crippen LogP contribution in [0.4, 0.5) is 11.4 Å². The minimum atomic E-state index is -0.122. The summed E-state index contributed by atoms with van der Waals surface area (Å²) < 4.78 is 6.39. The van der Waals surface area contributed by atoms with Gasteiger partial charge in [0.25, 0.3) is 0 Å². The minimum absolute atomic E-state index is 0.122. The monoisotopic (exact) mass is 384 g/mol. The molecule has 2 aliphatic heterocycles. The van der Waals surface area contributed by atoms with Gasteiger partial charge in [-0.3, -0.25) is 10.4 Å². The molecule has 1 atom stereocenters. The Balaban J connectivity index is 1.79. The summed E-state index contributed by atoms with van der Waals surface area (Å²) in [6, 6.07) is 6.56. The Morgan fingerprint density at radius 3 is 2.36 bits per heavy atom. The lowest BCUT2D eigenvalue weighted by Crippen LogP contribution is -2.44. The molecule has 1 unspecified atom stereocenters. The Morgan fingerprint density at radius 2 is 1.71 bits per heavy atom. The van der Waals surface area contributed by atoms with Crippen molar-refractivity contribution in [2.75, 3.05) is 36.5 Å². The van der Waals surface area contributed by atoms with Crippen LogP contribution in [0.15, 0.2) is 42.2 Å². The SMILES string of the molecule is CCCCN(CCCC)c1ccc2c(c1)OC1C=C(N(CC)CC)C=CN1N2. The van der Waals surface area contributed by atoms with E-state index in [1.54, 1.807) is 0 Å². The molecule has 0 bridgehead atoms. The van der Waals surface area contributed by atoms with Gasteiger partial charge in [0.2, 0.25) is 6.23 Å². The van der Waals surface area contributed by atoms with Gasteiger partial charge in [0.05, 0.1) is 5.69 Å². The van der Waals surface area contributed by atoms with Crippen molar-refractivity contribution in [2.45, 2.75) is 59.6 Å². The fraction of sp³-hybridized carbons (Fsp3) is 0.565. The van der Waals surface area contributed by atoms with Crippen molar-refractivity contribution in [1.29, 1.82) is 0 Å². The van der Waals surface area contributed by atoms with Crippen LogP contribution in [0.1, 0.15) is 53.4 Å². The fourth-order valence-electron chi connectivity index (χ4n) is 3.75. The summed E-state index contributed by atoms with van der Waals surface area (Å²) in [4.78, 5) is 4.85. The highest BCUT2D eigenvalue weighted by Gasteiger charge is 2.27. The largest absolute Gasteiger partial charge is 0.463 e. The Labute approximate surface area is 170 Å². The van der Waals surface area contributed by atoms with Crippen molar-refractivity contribution in [3.8, 4) is 5.75 Å². The van der Waals surface area contributed by atoms with Gasteiger partial charge in [-0.2, -0.15) is 0 Å². The molecule has 5 nitrogen and oxygen atoms in total. The topological polar surface area (TPSA) is 31.0 Å². The quantitative estimate of drug-likeness (QED) is 0.600. The molecule has 1 N–H and O–H groups in total. The summed E-state index contributed by atoms with van der Waals surface area (Å²) in [5.74, 6) is 0.933. The smallest absolute Gasteiger partial charge is 0.210 e. The first-order valence-electron chi connectivity index (χ1n) is 11.0. The van der Waals surface area contributed by atoms with Crippen LogP contribution >= 0.6 is 0 Å². The molecule has 5 heteroatoms. The molecule has 0 amide bonds. The van der Waals surface area contributed by atoms with Crippen LogP contribution in [0, 0.1) is 0 Å². The van der Waals surface area contributed by atoms with Crippen LogP contribution in [0.3, 0.4) is 0 Å². The molecule has 0 saturated carbocycles. The zero-order chi connectivity index (χ0) is 19.9. The van der Waals surface area contributed by atoms with Gasteiger partial charge in [0.1, 0.15) is 5.75 Å². The number of anilines is 2.